The lowest BCUT2D eigenvalue weighted by Gasteiger charge is -2.09. The number of anilines is 1. The Balaban J connectivity index is 1.90. The average Bonchev–Trinajstić information content (AvgIpc) is 2.40. The zero-order chi connectivity index (χ0) is 14.5. The lowest BCUT2D eigenvalue weighted by Crippen LogP contribution is -2.20. The maximum atomic E-state index is 11.8. The molecule has 0 saturated carbocycles. The summed E-state index contributed by atoms with van der Waals surface area (Å²) in [7, 11) is 0. The fourth-order valence-electron chi connectivity index (χ4n) is 1.60. The second-order valence-electron chi connectivity index (χ2n) is 4.28. The van der Waals surface area contributed by atoms with E-state index in [0.717, 1.165) is 20.2 Å². The first-order chi connectivity index (χ1) is 9.54. The van der Waals surface area contributed by atoms with Gasteiger partial charge in [-0.2, -0.15) is 0 Å². The minimum atomic E-state index is -0.195. The molecular weight excluding hydrogens is 386 g/mol. The van der Waals surface area contributed by atoms with E-state index in [4.69, 9.17) is 4.74 Å². The Kier molecular flexibility index (Phi) is 5.20. The fraction of sp³-hybridized carbons (Fsp3) is 0.133. The van der Waals surface area contributed by atoms with Crippen molar-refractivity contribution in [3.8, 4) is 5.75 Å². The van der Waals surface area contributed by atoms with E-state index < -0.39 is 0 Å². The topological polar surface area (TPSA) is 38.3 Å². The SMILES string of the molecule is Cc1ccc(OCC(=O)Nc2ccc(Br)cc2)c(Br)c1. The van der Waals surface area contributed by atoms with Crippen LogP contribution < -0.4 is 10.1 Å². The first-order valence-electron chi connectivity index (χ1n) is 5.99. The summed E-state index contributed by atoms with van der Waals surface area (Å²) in [5, 5.41) is 2.77. The second kappa shape index (κ2) is 6.90. The number of carbonyl (C=O) groups excluding carboxylic acids is 1. The molecule has 104 valence electrons. The summed E-state index contributed by atoms with van der Waals surface area (Å²) in [5.74, 6) is 0.460. The highest BCUT2D eigenvalue weighted by Gasteiger charge is 2.06. The van der Waals surface area contributed by atoms with Crippen LogP contribution in [0, 0.1) is 6.92 Å². The van der Waals surface area contributed by atoms with Gasteiger partial charge in [0.2, 0.25) is 0 Å². The quantitative estimate of drug-likeness (QED) is 0.821. The Hall–Kier alpha value is -1.33. The minimum Gasteiger partial charge on any atom is -0.483 e. The Labute approximate surface area is 134 Å². The van der Waals surface area contributed by atoms with Crippen molar-refractivity contribution in [2.75, 3.05) is 11.9 Å². The molecule has 0 aliphatic carbocycles. The molecule has 2 aromatic rings. The van der Waals surface area contributed by atoms with Crippen molar-refractivity contribution in [3.05, 3.63) is 57.0 Å². The van der Waals surface area contributed by atoms with Gasteiger partial charge in [-0.25, -0.2) is 0 Å². The van der Waals surface area contributed by atoms with Crippen LogP contribution in [0.1, 0.15) is 5.56 Å². The Bertz CT molecular complexity index is 612. The molecule has 5 heteroatoms. The predicted octanol–water partition coefficient (Wildman–Crippen LogP) is 4.54. The third-order valence-corrected chi connectivity index (χ3v) is 3.72. The summed E-state index contributed by atoms with van der Waals surface area (Å²) in [6.45, 7) is 1.96. The van der Waals surface area contributed by atoms with Gasteiger partial charge < -0.3 is 10.1 Å². The van der Waals surface area contributed by atoms with Crippen LogP contribution in [0.2, 0.25) is 0 Å². The number of aryl methyl sites for hydroxylation is 1. The van der Waals surface area contributed by atoms with E-state index in [1.54, 1.807) is 0 Å². The lowest BCUT2D eigenvalue weighted by molar-refractivity contribution is -0.118. The number of hydrogen-bond donors (Lipinski definition) is 1. The van der Waals surface area contributed by atoms with Crippen molar-refractivity contribution in [2.45, 2.75) is 6.92 Å². The summed E-state index contributed by atoms with van der Waals surface area (Å²) in [4.78, 5) is 11.8. The van der Waals surface area contributed by atoms with Crippen molar-refractivity contribution < 1.29 is 9.53 Å². The second-order valence-corrected chi connectivity index (χ2v) is 6.05. The van der Waals surface area contributed by atoms with Gasteiger partial charge in [0.25, 0.3) is 5.91 Å². The van der Waals surface area contributed by atoms with E-state index >= 15 is 0 Å². The molecule has 3 nitrogen and oxygen atoms in total. The molecule has 0 radical (unpaired) electrons. The largest absolute Gasteiger partial charge is 0.483 e. The highest BCUT2D eigenvalue weighted by molar-refractivity contribution is 9.10. The van der Waals surface area contributed by atoms with Crippen LogP contribution in [0.5, 0.6) is 5.75 Å². The van der Waals surface area contributed by atoms with Gasteiger partial charge in [0, 0.05) is 10.2 Å². The zero-order valence-corrected chi connectivity index (χ0v) is 14.0. The standard InChI is InChI=1S/C15H13Br2NO2/c1-10-2-7-14(13(17)8-10)20-9-15(19)18-12-5-3-11(16)4-6-12/h2-8H,9H2,1H3,(H,18,19). The van der Waals surface area contributed by atoms with Crippen molar-refractivity contribution in [2.24, 2.45) is 0 Å². The molecule has 0 atom stereocenters. The number of ether oxygens (including phenoxy) is 1. The van der Waals surface area contributed by atoms with Crippen molar-refractivity contribution in [1.82, 2.24) is 0 Å². The van der Waals surface area contributed by atoms with E-state index in [1.807, 2.05) is 49.4 Å². The number of rotatable bonds is 4. The monoisotopic (exact) mass is 397 g/mol. The first kappa shape index (κ1) is 15.1. The first-order valence-corrected chi connectivity index (χ1v) is 7.57. The molecule has 0 saturated heterocycles. The van der Waals surface area contributed by atoms with Gasteiger partial charge in [0.1, 0.15) is 5.75 Å². The van der Waals surface area contributed by atoms with Crippen molar-refractivity contribution >= 4 is 43.5 Å². The molecule has 2 aromatic carbocycles. The maximum absolute atomic E-state index is 11.8. The molecule has 0 bridgehead atoms. The molecule has 1 N–H and O–H groups in total. The molecule has 0 fully saturated rings. The van der Waals surface area contributed by atoms with E-state index in [2.05, 4.69) is 37.2 Å². The average molecular weight is 399 g/mol. The van der Waals surface area contributed by atoms with E-state index in [1.165, 1.54) is 0 Å². The van der Waals surface area contributed by atoms with E-state index in [0.29, 0.717) is 5.75 Å². The summed E-state index contributed by atoms with van der Waals surface area (Å²) in [6, 6.07) is 13.1. The zero-order valence-electron chi connectivity index (χ0n) is 10.8. The van der Waals surface area contributed by atoms with Crippen LogP contribution in [-0.4, -0.2) is 12.5 Å². The summed E-state index contributed by atoms with van der Waals surface area (Å²) in [5.41, 5.74) is 1.87. The van der Waals surface area contributed by atoms with Crippen LogP contribution in [-0.2, 0) is 4.79 Å². The highest BCUT2D eigenvalue weighted by Crippen LogP contribution is 2.25. The molecule has 2 rings (SSSR count). The Morgan fingerprint density at radius 2 is 1.85 bits per heavy atom. The summed E-state index contributed by atoms with van der Waals surface area (Å²) >= 11 is 6.75. The van der Waals surface area contributed by atoms with Gasteiger partial charge in [-0.15, -0.1) is 0 Å². The number of nitrogens with one attached hydrogen (secondary N) is 1. The third-order valence-electron chi connectivity index (χ3n) is 2.57. The molecular formula is C15H13Br2NO2. The molecule has 0 heterocycles. The summed E-state index contributed by atoms with van der Waals surface area (Å²) < 4.78 is 7.29. The van der Waals surface area contributed by atoms with Crippen molar-refractivity contribution in [1.29, 1.82) is 0 Å². The third kappa shape index (κ3) is 4.35. The molecule has 1 amide bonds. The lowest BCUT2D eigenvalue weighted by atomic mass is 10.2. The molecule has 0 unspecified atom stereocenters. The fourth-order valence-corrected chi connectivity index (χ4v) is 2.47. The van der Waals surface area contributed by atoms with Crippen LogP contribution >= 0.6 is 31.9 Å². The number of halogens is 2. The number of hydrogen-bond acceptors (Lipinski definition) is 2. The van der Waals surface area contributed by atoms with Gasteiger partial charge in [-0.3, -0.25) is 4.79 Å². The molecule has 20 heavy (non-hydrogen) atoms. The molecule has 0 aliphatic rings. The van der Waals surface area contributed by atoms with E-state index in [9.17, 15) is 4.79 Å². The highest BCUT2D eigenvalue weighted by atomic mass is 79.9. The van der Waals surface area contributed by atoms with Crippen LogP contribution in [0.4, 0.5) is 5.69 Å². The van der Waals surface area contributed by atoms with Crippen LogP contribution in [0.25, 0.3) is 0 Å². The molecule has 0 aliphatic heterocycles. The Morgan fingerprint density at radius 3 is 2.50 bits per heavy atom. The molecule has 0 spiro atoms. The summed E-state index contributed by atoms with van der Waals surface area (Å²) in [6.07, 6.45) is 0. The van der Waals surface area contributed by atoms with Crippen molar-refractivity contribution in [3.63, 3.8) is 0 Å². The van der Waals surface area contributed by atoms with Crippen LogP contribution in [0.15, 0.2) is 51.4 Å². The van der Waals surface area contributed by atoms with Gasteiger partial charge in [-0.05, 0) is 64.8 Å². The number of benzene rings is 2. The predicted molar refractivity (Wildman–Crippen MR) is 87.1 cm³/mol. The van der Waals surface area contributed by atoms with Gasteiger partial charge in [-0.1, -0.05) is 22.0 Å². The number of amides is 1. The maximum Gasteiger partial charge on any atom is 0.262 e. The van der Waals surface area contributed by atoms with Gasteiger partial charge in [0.15, 0.2) is 6.61 Å². The minimum absolute atomic E-state index is 0.0300. The van der Waals surface area contributed by atoms with Crippen LogP contribution in [0.3, 0.4) is 0 Å². The molecule has 0 aromatic heterocycles. The van der Waals surface area contributed by atoms with Gasteiger partial charge >= 0.3 is 0 Å². The van der Waals surface area contributed by atoms with E-state index in [-0.39, 0.29) is 12.5 Å². The smallest absolute Gasteiger partial charge is 0.262 e. The Morgan fingerprint density at radius 1 is 1.15 bits per heavy atom. The normalized spacial score (nSPS) is 10.2. The number of carbonyl (C=O) groups is 1. The van der Waals surface area contributed by atoms with Gasteiger partial charge in [0.05, 0.1) is 4.47 Å².